The van der Waals surface area contributed by atoms with Gasteiger partial charge in [0.1, 0.15) is 18.9 Å². The van der Waals surface area contributed by atoms with Gasteiger partial charge in [0, 0.05) is 26.0 Å². The lowest BCUT2D eigenvalue weighted by Gasteiger charge is -2.22. The Morgan fingerprint density at radius 2 is 1.89 bits per heavy atom. The number of halogens is 1. The molecule has 28 heavy (non-hydrogen) atoms. The number of ether oxygens (including phenoxy) is 1. The number of hydrogen-bond acceptors (Lipinski definition) is 4. The molecule has 0 unspecified atom stereocenters. The molecule has 0 saturated carbocycles. The number of aryl methyl sites for hydroxylation is 1. The zero-order chi connectivity index (χ0) is 19.6. The number of aliphatic imine (C=N–C) groups is 1. The van der Waals surface area contributed by atoms with Crippen LogP contribution in [0.4, 0.5) is 0 Å². The maximum Gasteiger partial charge on any atom is 0.243 e. The second-order valence-electron chi connectivity index (χ2n) is 6.44. The van der Waals surface area contributed by atoms with Crippen molar-refractivity contribution in [1.29, 1.82) is 0 Å². The van der Waals surface area contributed by atoms with Crippen molar-refractivity contribution in [1.82, 2.24) is 15.1 Å². The first-order chi connectivity index (χ1) is 13.0. The highest BCUT2D eigenvalue weighted by Gasteiger charge is 2.10. The third-order valence-corrected chi connectivity index (χ3v) is 4.82. The summed E-state index contributed by atoms with van der Waals surface area (Å²) in [5.41, 5.74) is 1.21. The Balaban J connectivity index is 0.00000392. The molecule has 2 rings (SSSR count). The van der Waals surface area contributed by atoms with Gasteiger partial charge in [0.2, 0.25) is 5.91 Å². The predicted octanol–water partition coefficient (Wildman–Crippen LogP) is 3.22. The summed E-state index contributed by atoms with van der Waals surface area (Å²) in [5, 5.41) is 5.38. The van der Waals surface area contributed by atoms with Crippen LogP contribution >= 0.6 is 35.3 Å². The number of nitrogens with one attached hydrogen (secondary N) is 1. The minimum Gasteiger partial charge on any atom is -0.492 e. The zero-order valence-electron chi connectivity index (χ0n) is 16.8. The molecule has 2 aromatic rings. The molecule has 0 spiro atoms. The zero-order valence-corrected chi connectivity index (χ0v) is 20.0. The van der Waals surface area contributed by atoms with Gasteiger partial charge in [-0.15, -0.1) is 35.3 Å². The Morgan fingerprint density at radius 3 is 2.50 bits per heavy atom. The smallest absolute Gasteiger partial charge is 0.243 e. The molecule has 1 aromatic heterocycles. The first-order valence-electron chi connectivity index (χ1n) is 8.87. The summed E-state index contributed by atoms with van der Waals surface area (Å²) in [6, 6.07) is 12.1. The second kappa shape index (κ2) is 12.6. The molecule has 8 heteroatoms. The van der Waals surface area contributed by atoms with E-state index < -0.39 is 0 Å². The van der Waals surface area contributed by atoms with Crippen LogP contribution in [-0.2, 0) is 11.3 Å². The van der Waals surface area contributed by atoms with Crippen LogP contribution in [0, 0.1) is 6.92 Å². The van der Waals surface area contributed by atoms with E-state index in [0.29, 0.717) is 25.7 Å². The van der Waals surface area contributed by atoms with E-state index in [1.165, 1.54) is 10.4 Å². The first kappa shape index (κ1) is 24.2. The number of nitrogens with zero attached hydrogens (tertiary/aromatic N) is 3. The molecule has 0 aliphatic carbocycles. The summed E-state index contributed by atoms with van der Waals surface area (Å²) in [6.45, 7) is 4.02. The minimum absolute atomic E-state index is 0. The van der Waals surface area contributed by atoms with Gasteiger partial charge in [-0.1, -0.05) is 23.8 Å². The number of likely N-dealkylation sites (N-methyl/N-ethyl adjacent to an activating group) is 2. The predicted molar refractivity (Wildman–Crippen MR) is 127 cm³/mol. The molecule has 0 saturated heterocycles. The Morgan fingerprint density at radius 1 is 1.18 bits per heavy atom. The lowest BCUT2D eigenvalue weighted by Crippen LogP contribution is -2.41. The summed E-state index contributed by atoms with van der Waals surface area (Å²) in [4.78, 5) is 21.1. The number of thiophene rings is 1. The van der Waals surface area contributed by atoms with Crippen molar-refractivity contribution in [3.8, 4) is 5.75 Å². The number of carbonyl (C=O) groups is 1. The summed E-state index contributed by atoms with van der Waals surface area (Å²) in [7, 11) is 5.41. The van der Waals surface area contributed by atoms with E-state index in [9.17, 15) is 4.79 Å². The van der Waals surface area contributed by atoms with Gasteiger partial charge in [-0.2, -0.15) is 0 Å². The Labute approximate surface area is 188 Å². The molecule has 154 valence electrons. The second-order valence-corrected chi connectivity index (χ2v) is 7.48. The first-order valence-corrected chi connectivity index (χ1v) is 9.75. The third kappa shape index (κ3) is 8.47. The molecule has 0 bridgehead atoms. The monoisotopic (exact) mass is 516 g/mol. The molecular formula is C20H29IN4O2S. The minimum atomic E-state index is -0.0327. The van der Waals surface area contributed by atoms with Crippen LogP contribution in [0.15, 0.2) is 46.8 Å². The van der Waals surface area contributed by atoms with Gasteiger partial charge in [-0.3, -0.25) is 4.79 Å². The standard InChI is InChI=1S/C20H28N4O2S.HI/c1-16-7-9-17(10-8-16)26-12-11-24(4)20(22-15-19(25)23(2)3)21-14-18-6-5-13-27-18;/h5-10,13H,11-12,14-15H2,1-4H3,(H,21,22);1H. The summed E-state index contributed by atoms with van der Waals surface area (Å²) < 4.78 is 5.80. The van der Waals surface area contributed by atoms with Gasteiger partial charge in [0.15, 0.2) is 5.96 Å². The summed E-state index contributed by atoms with van der Waals surface area (Å²) in [6.07, 6.45) is 0. The molecule has 1 heterocycles. The van der Waals surface area contributed by atoms with Crippen LogP contribution in [-0.4, -0.2) is 62.5 Å². The van der Waals surface area contributed by atoms with Crippen molar-refractivity contribution in [2.24, 2.45) is 4.99 Å². The largest absolute Gasteiger partial charge is 0.492 e. The average molecular weight is 516 g/mol. The van der Waals surface area contributed by atoms with Gasteiger partial charge < -0.3 is 19.9 Å². The van der Waals surface area contributed by atoms with Crippen molar-refractivity contribution in [3.63, 3.8) is 0 Å². The van der Waals surface area contributed by atoms with E-state index in [2.05, 4.69) is 23.3 Å². The highest BCUT2D eigenvalue weighted by molar-refractivity contribution is 14.0. The Kier molecular flexibility index (Phi) is 10.9. The van der Waals surface area contributed by atoms with Crippen LogP contribution in [0.5, 0.6) is 5.75 Å². The van der Waals surface area contributed by atoms with Gasteiger partial charge >= 0.3 is 0 Å². The molecule has 0 radical (unpaired) electrons. The fourth-order valence-corrected chi connectivity index (χ4v) is 2.86. The fourth-order valence-electron chi connectivity index (χ4n) is 2.22. The summed E-state index contributed by atoms with van der Waals surface area (Å²) >= 11 is 1.69. The van der Waals surface area contributed by atoms with E-state index in [0.717, 1.165) is 5.75 Å². The molecule has 0 fully saturated rings. The Hall–Kier alpha value is -1.81. The van der Waals surface area contributed by atoms with Crippen LogP contribution in [0.2, 0.25) is 0 Å². The van der Waals surface area contributed by atoms with Gasteiger partial charge in [-0.25, -0.2) is 4.99 Å². The number of hydrogen-bond donors (Lipinski definition) is 1. The van der Waals surface area contributed by atoms with E-state index in [-0.39, 0.29) is 36.4 Å². The number of guanidine groups is 1. The van der Waals surface area contributed by atoms with E-state index in [4.69, 9.17) is 4.74 Å². The molecule has 6 nitrogen and oxygen atoms in total. The number of benzene rings is 1. The van der Waals surface area contributed by atoms with Gasteiger partial charge in [0.25, 0.3) is 0 Å². The molecule has 1 aromatic carbocycles. The SMILES string of the molecule is Cc1ccc(OCCN(C)C(=NCC(=O)N(C)C)NCc2cccs2)cc1.I. The average Bonchev–Trinajstić information content (AvgIpc) is 3.16. The molecule has 0 aliphatic heterocycles. The van der Waals surface area contributed by atoms with Crippen LogP contribution in [0.25, 0.3) is 0 Å². The van der Waals surface area contributed by atoms with Crippen molar-refractivity contribution in [2.75, 3.05) is 40.8 Å². The van der Waals surface area contributed by atoms with Crippen molar-refractivity contribution < 1.29 is 9.53 Å². The third-order valence-electron chi connectivity index (χ3n) is 3.94. The maximum absolute atomic E-state index is 11.9. The van der Waals surface area contributed by atoms with E-state index in [1.54, 1.807) is 30.3 Å². The molecule has 1 N–H and O–H groups in total. The molecule has 1 amide bonds. The van der Waals surface area contributed by atoms with Crippen LogP contribution in [0.1, 0.15) is 10.4 Å². The summed E-state index contributed by atoms with van der Waals surface area (Å²) in [5.74, 6) is 1.50. The quantitative estimate of drug-likeness (QED) is 0.333. The number of carbonyl (C=O) groups excluding carboxylic acids is 1. The highest BCUT2D eigenvalue weighted by Crippen LogP contribution is 2.11. The number of rotatable bonds is 8. The van der Waals surface area contributed by atoms with Crippen molar-refractivity contribution >= 4 is 47.2 Å². The van der Waals surface area contributed by atoms with Crippen LogP contribution in [0.3, 0.4) is 0 Å². The van der Waals surface area contributed by atoms with Crippen molar-refractivity contribution in [2.45, 2.75) is 13.5 Å². The Bertz CT molecular complexity index is 733. The highest BCUT2D eigenvalue weighted by atomic mass is 127. The van der Waals surface area contributed by atoms with Gasteiger partial charge in [-0.05, 0) is 30.5 Å². The van der Waals surface area contributed by atoms with E-state index in [1.807, 2.05) is 47.7 Å². The molecular weight excluding hydrogens is 487 g/mol. The normalized spacial score (nSPS) is 10.8. The maximum atomic E-state index is 11.9. The van der Waals surface area contributed by atoms with Gasteiger partial charge in [0.05, 0.1) is 13.1 Å². The topological polar surface area (TPSA) is 57.2 Å². The van der Waals surface area contributed by atoms with E-state index >= 15 is 0 Å². The fraction of sp³-hybridized carbons (Fsp3) is 0.400. The lowest BCUT2D eigenvalue weighted by atomic mass is 10.2. The number of amides is 1. The van der Waals surface area contributed by atoms with Crippen LogP contribution < -0.4 is 10.1 Å². The van der Waals surface area contributed by atoms with Crippen molar-refractivity contribution in [3.05, 3.63) is 52.2 Å². The molecule has 0 aliphatic rings. The lowest BCUT2D eigenvalue weighted by molar-refractivity contribution is -0.127. The molecule has 0 atom stereocenters.